The summed E-state index contributed by atoms with van der Waals surface area (Å²) in [6.45, 7) is 0. The summed E-state index contributed by atoms with van der Waals surface area (Å²) < 4.78 is 50.5. The molecule has 0 bridgehead atoms. The highest BCUT2D eigenvalue weighted by Gasteiger charge is 2.30. The van der Waals surface area contributed by atoms with Crippen LogP contribution in [0, 0.1) is 0 Å². The number of hydrogen-bond acceptors (Lipinski definition) is 2. The first-order valence-corrected chi connectivity index (χ1v) is 10.2. The SMILES string of the molecule is FC(F)(F)c1ccc(Oc2ccc(-c3cccc(Oc4ccc(Br)cc4)c3)cc2)cc1. The normalized spacial score (nSPS) is 11.2. The van der Waals surface area contributed by atoms with Crippen LogP contribution in [0.3, 0.4) is 0 Å². The number of hydrogen-bond donors (Lipinski definition) is 0. The molecule has 0 fully saturated rings. The van der Waals surface area contributed by atoms with Gasteiger partial charge in [-0.25, -0.2) is 0 Å². The largest absolute Gasteiger partial charge is 0.457 e. The van der Waals surface area contributed by atoms with Crippen LogP contribution in [0.2, 0.25) is 0 Å². The van der Waals surface area contributed by atoms with Gasteiger partial charge in [-0.1, -0.05) is 40.2 Å². The summed E-state index contributed by atoms with van der Waals surface area (Å²) >= 11 is 3.40. The van der Waals surface area contributed by atoms with E-state index in [4.69, 9.17) is 9.47 Å². The molecule has 0 saturated heterocycles. The van der Waals surface area contributed by atoms with Crippen molar-refractivity contribution in [2.75, 3.05) is 0 Å². The summed E-state index contributed by atoms with van der Waals surface area (Å²) in [6.07, 6.45) is -4.37. The summed E-state index contributed by atoms with van der Waals surface area (Å²) in [4.78, 5) is 0. The van der Waals surface area contributed by atoms with E-state index in [-0.39, 0.29) is 0 Å². The van der Waals surface area contributed by atoms with E-state index < -0.39 is 11.7 Å². The number of alkyl halides is 3. The van der Waals surface area contributed by atoms with Gasteiger partial charge in [0.25, 0.3) is 0 Å². The predicted octanol–water partition coefficient (Wildman–Crippen LogP) is 8.72. The van der Waals surface area contributed by atoms with Gasteiger partial charge in [0.05, 0.1) is 5.56 Å². The van der Waals surface area contributed by atoms with Crippen molar-refractivity contribution in [2.24, 2.45) is 0 Å². The molecule has 0 aliphatic carbocycles. The Hall–Kier alpha value is -3.25. The molecule has 0 unspecified atom stereocenters. The highest BCUT2D eigenvalue weighted by atomic mass is 79.9. The molecule has 0 amide bonds. The Kier molecular flexibility index (Phi) is 6.00. The Labute approximate surface area is 186 Å². The monoisotopic (exact) mass is 484 g/mol. The molecule has 0 saturated carbocycles. The van der Waals surface area contributed by atoms with E-state index in [0.29, 0.717) is 17.2 Å². The minimum atomic E-state index is -4.37. The van der Waals surface area contributed by atoms with Crippen molar-refractivity contribution in [3.8, 4) is 34.1 Å². The third-order valence-corrected chi connectivity index (χ3v) is 5.02. The minimum absolute atomic E-state index is 0.339. The highest BCUT2D eigenvalue weighted by molar-refractivity contribution is 9.10. The molecule has 0 atom stereocenters. The molecule has 0 spiro atoms. The summed E-state index contributed by atoms with van der Waals surface area (Å²) in [5.41, 5.74) is 1.22. The van der Waals surface area contributed by atoms with Crippen molar-refractivity contribution in [1.29, 1.82) is 0 Å². The Balaban J connectivity index is 1.46. The quantitative estimate of drug-likeness (QED) is 0.282. The molecule has 4 aromatic rings. The molecule has 4 rings (SSSR count). The third-order valence-electron chi connectivity index (χ3n) is 4.49. The van der Waals surface area contributed by atoms with Crippen molar-refractivity contribution < 1.29 is 22.6 Å². The van der Waals surface area contributed by atoms with Crippen LogP contribution in [0.25, 0.3) is 11.1 Å². The van der Waals surface area contributed by atoms with Crippen molar-refractivity contribution in [3.05, 3.63) is 107 Å². The minimum Gasteiger partial charge on any atom is -0.457 e. The van der Waals surface area contributed by atoms with Crippen LogP contribution in [-0.4, -0.2) is 0 Å². The number of ether oxygens (including phenoxy) is 2. The van der Waals surface area contributed by atoms with Gasteiger partial charge < -0.3 is 9.47 Å². The van der Waals surface area contributed by atoms with Crippen LogP contribution >= 0.6 is 15.9 Å². The first-order chi connectivity index (χ1) is 14.9. The zero-order valence-corrected chi connectivity index (χ0v) is 17.7. The molecule has 0 N–H and O–H groups in total. The van der Waals surface area contributed by atoms with E-state index in [1.54, 1.807) is 12.1 Å². The zero-order valence-electron chi connectivity index (χ0n) is 16.1. The zero-order chi connectivity index (χ0) is 21.8. The van der Waals surface area contributed by atoms with Gasteiger partial charge in [-0.05, 0) is 83.9 Å². The summed E-state index contributed by atoms with van der Waals surface area (Å²) in [5.74, 6) is 2.32. The second-order valence-corrected chi connectivity index (χ2v) is 7.65. The van der Waals surface area contributed by atoms with Gasteiger partial charge in [0.2, 0.25) is 0 Å². The van der Waals surface area contributed by atoms with Crippen LogP contribution in [0.15, 0.2) is 102 Å². The Morgan fingerprint density at radius 2 is 1.06 bits per heavy atom. The molecular weight excluding hydrogens is 469 g/mol. The average molecular weight is 485 g/mol. The average Bonchev–Trinajstić information content (AvgIpc) is 2.76. The van der Waals surface area contributed by atoms with E-state index in [1.807, 2.05) is 60.7 Å². The lowest BCUT2D eigenvalue weighted by atomic mass is 10.1. The molecule has 0 aromatic heterocycles. The van der Waals surface area contributed by atoms with Crippen LogP contribution in [0.5, 0.6) is 23.0 Å². The smallest absolute Gasteiger partial charge is 0.416 e. The lowest BCUT2D eigenvalue weighted by Gasteiger charge is -2.10. The van der Waals surface area contributed by atoms with Crippen LogP contribution in [0.1, 0.15) is 5.56 Å². The lowest BCUT2D eigenvalue weighted by molar-refractivity contribution is -0.137. The van der Waals surface area contributed by atoms with Gasteiger partial charge in [-0.15, -0.1) is 0 Å². The molecule has 0 aliphatic rings. The molecule has 156 valence electrons. The van der Waals surface area contributed by atoms with E-state index in [1.165, 1.54) is 12.1 Å². The standard InChI is InChI=1S/C25H16BrF3O2/c26-20-8-14-23(15-9-20)31-24-3-1-2-18(16-24)17-4-10-21(11-5-17)30-22-12-6-19(7-13-22)25(27,28)29/h1-16H. The second-order valence-electron chi connectivity index (χ2n) is 6.73. The fourth-order valence-corrected chi connectivity index (χ4v) is 3.21. The maximum atomic E-state index is 12.7. The Bertz CT molecular complexity index is 1150. The van der Waals surface area contributed by atoms with Crippen LogP contribution < -0.4 is 9.47 Å². The molecule has 0 heterocycles. The Morgan fingerprint density at radius 1 is 0.548 bits per heavy atom. The van der Waals surface area contributed by atoms with Gasteiger partial charge in [0, 0.05) is 4.47 Å². The van der Waals surface area contributed by atoms with E-state index in [2.05, 4.69) is 15.9 Å². The first kappa shape index (κ1) is 21.0. The number of halogens is 4. The van der Waals surface area contributed by atoms with E-state index in [0.717, 1.165) is 33.5 Å². The predicted molar refractivity (Wildman–Crippen MR) is 118 cm³/mol. The topological polar surface area (TPSA) is 18.5 Å². The maximum absolute atomic E-state index is 12.7. The lowest BCUT2D eigenvalue weighted by Crippen LogP contribution is -2.03. The summed E-state index contributed by atoms with van der Waals surface area (Å²) in [7, 11) is 0. The molecule has 0 radical (unpaired) electrons. The molecule has 6 heteroatoms. The molecule has 2 nitrogen and oxygen atoms in total. The highest BCUT2D eigenvalue weighted by Crippen LogP contribution is 2.33. The fraction of sp³-hybridized carbons (Fsp3) is 0.0400. The summed E-state index contributed by atoms with van der Waals surface area (Å²) in [5, 5.41) is 0. The van der Waals surface area contributed by atoms with E-state index >= 15 is 0 Å². The first-order valence-electron chi connectivity index (χ1n) is 9.36. The molecular formula is C25H16BrF3O2. The molecule has 31 heavy (non-hydrogen) atoms. The number of rotatable bonds is 5. The van der Waals surface area contributed by atoms with Crippen LogP contribution in [-0.2, 0) is 6.18 Å². The number of benzene rings is 4. The maximum Gasteiger partial charge on any atom is 0.416 e. The van der Waals surface area contributed by atoms with Crippen molar-refractivity contribution in [3.63, 3.8) is 0 Å². The second kappa shape index (κ2) is 8.86. The van der Waals surface area contributed by atoms with Crippen LogP contribution in [0.4, 0.5) is 13.2 Å². The van der Waals surface area contributed by atoms with Gasteiger partial charge in [0.1, 0.15) is 23.0 Å². The van der Waals surface area contributed by atoms with E-state index in [9.17, 15) is 13.2 Å². The van der Waals surface area contributed by atoms with Crippen molar-refractivity contribution in [1.82, 2.24) is 0 Å². The summed E-state index contributed by atoms with van der Waals surface area (Å²) in [6, 6.07) is 27.2. The van der Waals surface area contributed by atoms with Crippen molar-refractivity contribution in [2.45, 2.75) is 6.18 Å². The van der Waals surface area contributed by atoms with Crippen molar-refractivity contribution >= 4 is 15.9 Å². The molecule has 4 aromatic carbocycles. The fourth-order valence-electron chi connectivity index (χ4n) is 2.94. The molecule has 0 aliphatic heterocycles. The van der Waals surface area contributed by atoms with Gasteiger partial charge >= 0.3 is 6.18 Å². The Morgan fingerprint density at radius 3 is 1.65 bits per heavy atom. The van der Waals surface area contributed by atoms with Gasteiger partial charge in [-0.3, -0.25) is 0 Å². The van der Waals surface area contributed by atoms with Gasteiger partial charge in [0.15, 0.2) is 0 Å². The van der Waals surface area contributed by atoms with Gasteiger partial charge in [-0.2, -0.15) is 13.2 Å². The third kappa shape index (κ3) is 5.47.